The lowest BCUT2D eigenvalue weighted by Crippen LogP contribution is -2.59. The molecule has 0 radical (unpaired) electrons. The van der Waals surface area contributed by atoms with Crippen molar-refractivity contribution in [2.75, 3.05) is 0 Å². The first-order valence-electron chi connectivity index (χ1n) is 14.4. The molecule has 0 unspecified atom stereocenters. The molecule has 2 nitrogen and oxygen atoms in total. The monoisotopic (exact) mass is 780 g/mol. The SMILES string of the molecule is Cc1c(F)c(F)c(F)c(B([O][Al]([CH2]C(C)C)[O]B(c2c(F)c(C)c(F)c(F)c2F)c2c(F)c(F)c(F)c(F)c2F)c2c(F)cc(F)c(F)c2F)c1F. The Bertz CT molecular complexity index is 1940. The third-order valence-corrected chi connectivity index (χ3v) is 10.2. The van der Waals surface area contributed by atoms with Crippen molar-refractivity contribution >= 4 is 50.5 Å². The van der Waals surface area contributed by atoms with Gasteiger partial charge in [-0.2, -0.15) is 0 Å². The quantitative estimate of drug-likeness (QED) is 0.0768. The molecule has 4 aromatic rings. The molecule has 0 heterocycles. The van der Waals surface area contributed by atoms with Crippen molar-refractivity contribution in [2.24, 2.45) is 5.92 Å². The second-order valence-corrected chi connectivity index (χ2v) is 13.4. The van der Waals surface area contributed by atoms with Crippen LogP contribution in [0, 0.1) is 119 Å². The molecule has 0 aliphatic rings. The smallest absolute Gasteiger partial charge is 0.538 e. The van der Waals surface area contributed by atoms with Gasteiger partial charge in [-0.3, -0.25) is 0 Å². The molecule has 0 amide bonds. The van der Waals surface area contributed by atoms with Gasteiger partial charge in [-0.25, -0.2) is 74.6 Å². The average Bonchev–Trinajstić information content (AvgIpc) is 3.08. The van der Waals surface area contributed by atoms with Gasteiger partial charge in [0.1, 0.15) is 17.5 Å². The molecular formula is C30H16AlB2F17O2. The van der Waals surface area contributed by atoms with E-state index in [0.29, 0.717) is 13.8 Å². The van der Waals surface area contributed by atoms with Crippen LogP contribution in [0.5, 0.6) is 0 Å². The third-order valence-electron chi connectivity index (χ3n) is 7.72. The fraction of sp³-hybridized carbons (Fsp3) is 0.200. The number of benzene rings is 4. The maximum atomic E-state index is 15.5. The number of hydrogen-bond acceptors (Lipinski definition) is 2. The van der Waals surface area contributed by atoms with E-state index in [1.165, 1.54) is 13.8 Å². The largest absolute Gasteiger partial charge is 0.644 e. The van der Waals surface area contributed by atoms with Crippen molar-refractivity contribution in [3.63, 3.8) is 0 Å². The van der Waals surface area contributed by atoms with E-state index >= 15 is 35.1 Å². The summed E-state index contributed by atoms with van der Waals surface area (Å²) in [5.41, 5.74) is -11.2. The summed E-state index contributed by atoms with van der Waals surface area (Å²) in [7, 11) is 0. The van der Waals surface area contributed by atoms with Crippen LogP contribution in [0.25, 0.3) is 0 Å². The normalized spacial score (nSPS) is 11.6. The fourth-order valence-electron chi connectivity index (χ4n) is 5.07. The van der Waals surface area contributed by atoms with E-state index in [1.54, 1.807) is 0 Å². The van der Waals surface area contributed by atoms with Gasteiger partial charge in [-0.05, 0) is 19.1 Å². The minimum atomic E-state index is -4.73. The Balaban J connectivity index is 2.10. The first-order chi connectivity index (χ1) is 24.1. The fourth-order valence-corrected chi connectivity index (χ4v) is 7.28. The van der Waals surface area contributed by atoms with Crippen LogP contribution in [0.2, 0.25) is 5.28 Å². The van der Waals surface area contributed by atoms with Crippen molar-refractivity contribution in [2.45, 2.75) is 33.0 Å². The molecule has 0 atom stereocenters. The average molecular weight is 780 g/mol. The van der Waals surface area contributed by atoms with E-state index in [0.717, 1.165) is 0 Å². The van der Waals surface area contributed by atoms with E-state index < -0.39 is 172 Å². The lowest BCUT2D eigenvalue weighted by atomic mass is 9.54. The highest BCUT2D eigenvalue weighted by atomic mass is 27.2. The minimum Gasteiger partial charge on any atom is -0.538 e. The molecule has 0 saturated heterocycles. The Morgan fingerprint density at radius 2 is 0.731 bits per heavy atom. The molecule has 0 fully saturated rings. The molecule has 4 aromatic carbocycles. The summed E-state index contributed by atoms with van der Waals surface area (Å²) in [6, 6.07) is -0.390. The Labute approximate surface area is 287 Å². The van der Waals surface area contributed by atoms with Gasteiger partial charge in [0.2, 0.25) is 0 Å². The predicted octanol–water partition coefficient (Wildman–Crippen LogP) is 6.76. The van der Waals surface area contributed by atoms with Crippen LogP contribution in [0.3, 0.4) is 0 Å². The van der Waals surface area contributed by atoms with Crippen molar-refractivity contribution in [1.29, 1.82) is 0 Å². The first kappa shape index (κ1) is 41.0. The number of halogens is 17. The van der Waals surface area contributed by atoms with Gasteiger partial charge in [-0.1, -0.05) is 19.8 Å². The zero-order valence-electron chi connectivity index (χ0n) is 26.3. The van der Waals surface area contributed by atoms with Gasteiger partial charge in [0, 0.05) is 39.0 Å². The van der Waals surface area contributed by atoms with Crippen LogP contribution in [-0.4, -0.2) is 28.6 Å². The molecular weight excluding hydrogens is 764 g/mol. The van der Waals surface area contributed by atoms with Crippen molar-refractivity contribution < 1.29 is 82.0 Å². The van der Waals surface area contributed by atoms with Crippen molar-refractivity contribution in [3.05, 3.63) is 116 Å². The molecule has 0 N–H and O–H groups in total. The van der Waals surface area contributed by atoms with Crippen LogP contribution >= 0.6 is 0 Å². The summed E-state index contributed by atoms with van der Waals surface area (Å²) in [5.74, 6) is -43.8. The number of hydrogen-bond donors (Lipinski definition) is 0. The van der Waals surface area contributed by atoms with Crippen LogP contribution in [-0.2, 0) is 7.41 Å². The second-order valence-electron chi connectivity index (χ2n) is 11.5. The summed E-state index contributed by atoms with van der Waals surface area (Å²) < 4.78 is 262. The molecule has 22 heteroatoms. The van der Waals surface area contributed by atoms with E-state index in [-0.39, 0.29) is 6.07 Å². The van der Waals surface area contributed by atoms with E-state index in [1.807, 2.05) is 0 Å². The highest BCUT2D eigenvalue weighted by Crippen LogP contribution is 2.25. The zero-order valence-corrected chi connectivity index (χ0v) is 27.5. The Morgan fingerprint density at radius 3 is 1.12 bits per heavy atom. The number of rotatable bonds is 10. The maximum absolute atomic E-state index is 15.5. The highest BCUT2D eigenvalue weighted by Gasteiger charge is 2.47. The summed E-state index contributed by atoms with van der Waals surface area (Å²) in [5, 5.41) is -0.826. The van der Waals surface area contributed by atoms with Gasteiger partial charge in [0.25, 0.3) is 0 Å². The van der Waals surface area contributed by atoms with Crippen LogP contribution in [0.1, 0.15) is 25.0 Å². The summed E-state index contributed by atoms with van der Waals surface area (Å²) in [4.78, 5) is 0. The topological polar surface area (TPSA) is 18.5 Å². The molecule has 0 spiro atoms. The van der Waals surface area contributed by atoms with Crippen LogP contribution in [0.4, 0.5) is 74.6 Å². The molecule has 0 aliphatic heterocycles. The van der Waals surface area contributed by atoms with Crippen molar-refractivity contribution in [3.8, 4) is 0 Å². The summed E-state index contributed by atoms with van der Waals surface area (Å²) in [6.45, 7) is -3.29. The Hall–Kier alpha value is -3.73. The summed E-state index contributed by atoms with van der Waals surface area (Å²) >= 11 is -4.73. The predicted molar refractivity (Wildman–Crippen MR) is 152 cm³/mol. The van der Waals surface area contributed by atoms with E-state index in [2.05, 4.69) is 0 Å². The Kier molecular flexibility index (Phi) is 12.1. The third kappa shape index (κ3) is 7.02. The molecule has 0 aliphatic carbocycles. The lowest BCUT2D eigenvalue weighted by molar-refractivity contribution is 0.380. The van der Waals surface area contributed by atoms with Crippen LogP contribution in [0.15, 0.2) is 6.07 Å². The van der Waals surface area contributed by atoms with Gasteiger partial charge in [-0.15, -0.1) is 0 Å². The molecule has 52 heavy (non-hydrogen) atoms. The first-order valence-corrected chi connectivity index (χ1v) is 16.1. The standard InChI is InChI=1S/C13H3BF9O.C13H4BF8O.C4H9.Al/c1-2-5(15)3(7(17)10(20)6(2)16)14(24)4-8(18)11(21)13(23)12(22)9(4)19;1-3-8(17)7(12(21)13(22)9(3)18)14(23)6-4(15)2-5(16)10(19)11(6)20;1-4(2)3;/h1H3;2H,1H3;4H,1H2,2-3H3;/q2*-1;;+2. The van der Waals surface area contributed by atoms with Gasteiger partial charge >= 0.3 is 28.6 Å². The molecule has 0 bridgehead atoms. The maximum Gasteiger partial charge on any atom is 0.644 e. The molecule has 0 saturated carbocycles. The zero-order chi connectivity index (χ0) is 39.4. The second kappa shape index (κ2) is 15.3. The lowest BCUT2D eigenvalue weighted by Gasteiger charge is -2.28. The molecule has 0 aromatic heterocycles. The summed E-state index contributed by atoms with van der Waals surface area (Å²) in [6.07, 6.45) is 0. The van der Waals surface area contributed by atoms with Crippen molar-refractivity contribution in [1.82, 2.24) is 0 Å². The van der Waals surface area contributed by atoms with Gasteiger partial charge in [0.15, 0.2) is 81.4 Å². The van der Waals surface area contributed by atoms with Gasteiger partial charge < -0.3 is 7.41 Å². The van der Waals surface area contributed by atoms with E-state index in [4.69, 9.17) is 7.41 Å². The van der Waals surface area contributed by atoms with Crippen LogP contribution < -0.4 is 21.9 Å². The van der Waals surface area contributed by atoms with E-state index in [9.17, 15) is 39.5 Å². The molecule has 4 rings (SSSR count). The molecule has 276 valence electrons. The highest BCUT2D eigenvalue weighted by molar-refractivity contribution is 6.88. The minimum absolute atomic E-state index is 0.390. The Morgan fingerprint density at radius 1 is 0.423 bits per heavy atom. The van der Waals surface area contributed by atoms with Gasteiger partial charge in [0.05, 0.1) is 0 Å².